The lowest BCUT2D eigenvalue weighted by Gasteiger charge is -2.28. The zero-order valence-electron chi connectivity index (χ0n) is 21.3. The van der Waals surface area contributed by atoms with Crippen molar-refractivity contribution in [1.29, 1.82) is 0 Å². The third-order valence-corrected chi connectivity index (χ3v) is 7.92. The van der Waals surface area contributed by atoms with Crippen LogP contribution in [0.15, 0.2) is 84.9 Å². The highest BCUT2D eigenvalue weighted by Gasteiger charge is 2.21. The van der Waals surface area contributed by atoms with Crippen LogP contribution in [0.2, 0.25) is 0 Å². The van der Waals surface area contributed by atoms with Crippen molar-refractivity contribution in [3.05, 3.63) is 96.1 Å². The average Bonchev–Trinajstić information content (AvgIpc) is 3.36. The van der Waals surface area contributed by atoms with Crippen molar-refractivity contribution in [3.8, 4) is 0 Å². The van der Waals surface area contributed by atoms with Gasteiger partial charge in [0.1, 0.15) is 0 Å². The number of nitrogens with zero attached hydrogens (tertiary/aromatic N) is 2. The van der Waals surface area contributed by atoms with Crippen molar-refractivity contribution in [1.82, 2.24) is 20.5 Å². The number of aromatic nitrogens is 1. The summed E-state index contributed by atoms with van der Waals surface area (Å²) >= 11 is 1.48. The average molecular weight is 528 g/mol. The predicted molar refractivity (Wildman–Crippen MR) is 154 cm³/mol. The molecule has 1 saturated heterocycles. The van der Waals surface area contributed by atoms with Crippen molar-refractivity contribution in [2.75, 3.05) is 31.5 Å². The lowest BCUT2D eigenvalue weighted by molar-refractivity contribution is -0.122. The van der Waals surface area contributed by atoms with Gasteiger partial charge in [0, 0.05) is 44.6 Å². The molecule has 0 bridgehead atoms. The SMILES string of the molecule is O=C1CC[C@@H](NCCN(CCC(c2ccccc2)c2ccccc2)C(=O)Nc2nc3ccccc3s2)CN1. The van der Waals surface area contributed by atoms with Crippen LogP contribution in [-0.4, -0.2) is 54.0 Å². The number of carbonyl (C=O) groups is 2. The zero-order valence-corrected chi connectivity index (χ0v) is 22.1. The standard InChI is InChI=1S/C30H33N5O2S/c36-28-16-15-24(21-32-28)31-18-20-35(30(37)34-29-33-26-13-7-8-14-27(26)38-29)19-17-25(22-9-3-1-4-10-22)23-11-5-2-6-12-23/h1-14,24-25,31H,15-21H2,(H,32,36)(H,33,34,37)/t24-/m1/s1. The van der Waals surface area contributed by atoms with Gasteiger partial charge in [-0.2, -0.15) is 0 Å². The lowest BCUT2D eigenvalue weighted by atomic mass is 9.88. The Morgan fingerprint density at radius 1 is 0.974 bits per heavy atom. The van der Waals surface area contributed by atoms with E-state index in [0.717, 1.165) is 23.1 Å². The van der Waals surface area contributed by atoms with E-state index in [9.17, 15) is 9.59 Å². The molecule has 8 heteroatoms. The van der Waals surface area contributed by atoms with Gasteiger partial charge in [-0.05, 0) is 36.1 Å². The molecule has 0 aliphatic carbocycles. The number of hydrogen-bond donors (Lipinski definition) is 3. The molecule has 1 fully saturated rings. The molecule has 7 nitrogen and oxygen atoms in total. The fraction of sp³-hybridized carbons (Fsp3) is 0.300. The Labute approximate surface area is 227 Å². The summed E-state index contributed by atoms with van der Waals surface area (Å²) in [6.45, 7) is 2.42. The smallest absolute Gasteiger partial charge is 0.323 e. The number of thiazole rings is 1. The first-order chi connectivity index (χ1) is 18.7. The van der Waals surface area contributed by atoms with Gasteiger partial charge in [0.15, 0.2) is 5.13 Å². The normalized spacial score (nSPS) is 15.4. The Kier molecular flexibility index (Phi) is 8.63. The van der Waals surface area contributed by atoms with Crippen LogP contribution in [0.3, 0.4) is 0 Å². The Morgan fingerprint density at radius 2 is 1.66 bits per heavy atom. The molecular formula is C30H33N5O2S. The van der Waals surface area contributed by atoms with Crippen molar-refractivity contribution in [2.24, 2.45) is 0 Å². The third kappa shape index (κ3) is 6.76. The number of fused-ring (bicyclic) bond motifs is 1. The molecule has 1 aliphatic rings. The van der Waals surface area contributed by atoms with E-state index in [1.165, 1.54) is 22.5 Å². The second-order valence-electron chi connectivity index (χ2n) is 9.56. The second kappa shape index (κ2) is 12.7. The van der Waals surface area contributed by atoms with E-state index in [-0.39, 0.29) is 23.9 Å². The van der Waals surface area contributed by atoms with E-state index < -0.39 is 0 Å². The van der Waals surface area contributed by atoms with Crippen LogP contribution in [0.1, 0.15) is 36.3 Å². The van der Waals surface area contributed by atoms with E-state index in [1.807, 2.05) is 41.3 Å². The number of anilines is 1. The minimum absolute atomic E-state index is 0.104. The Hall–Kier alpha value is -3.75. The van der Waals surface area contributed by atoms with Crippen LogP contribution < -0.4 is 16.0 Å². The molecule has 5 rings (SSSR count). The van der Waals surface area contributed by atoms with Crippen LogP contribution in [0.4, 0.5) is 9.93 Å². The maximum atomic E-state index is 13.5. The number of carbonyl (C=O) groups excluding carboxylic acids is 2. The monoisotopic (exact) mass is 527 g/mol. The summed E-state index contributed by atoms with van der Waals surface area (Å²) in [4.78, 5) is 31.5. The van der Waals surface area contributed by atoms with Gasteiger partial charge in [0.25, 0.3) is 0 Å². The molecule has 1 aliphatic heterocycles. The summed E-state index contributed by atoms with van der Waals surface area (Å²) in [5, 5.41) is 10.1. The van der Waals surface area contributed by atoms with Gasteiger partial charge < -0.3 is 15.5 Å². The Bertz CT molecular complexity index is 1260. The highest BCUT2D eigenvalue weighted by atomic mass is 32.1. The molecule has 0 radical (unpaired) electrons. The van der Waals surface area contributed by atoms with Gasteiger partial charge in [0.05, 0.1) is 10.2 Å². The molecule has 3 N–H and O–H groups in total. The number of piperidine rings is 1. The maximum Gasteiger partial charge on any atom is 0.323 e. The molecule has 196 valence electrons. The quantitative estimate of drug-likeness (QED) is 0.264. The van der Waals surface area contributed by atoms with Crippen LogP contribution in [0, 0.1) is 0 Å². The maximum absolute atomic E-state index is 13.5. The van der Waals surface area contributed by atoms with Gasteiger partial charge >= 0.3 is 6.03 Å². The molecular weight excluding hydrogens is 494 g/mol. The summed E-state index contributed by atoms with van der Waals surface area (Å²) in [5.74, 6) is 0.282. The van der Waals surface area contributed by atoms with Crippen molar-refractivity contribution in [2.45, 2.75) is 31.2 Å². The molecule has 1 aromatic heterocycles. The number of para-hydroxylation sites is 1. The number of nitrogens with one attached hydrogen (secondary N) is 3. The highest BCUT2D eigenvalue weighted by molar-refractivity contribution is 7.22. The fourth-order valence-electron chi connectivity index (χ4n) is 4.90. The van der Waals surface area contributed by atoms with E-state index in [4.69, 9.17) is 0 Å². The lowest BCUT2D eigenvalue weighted by Crippen LogP contribution is -2.48. The van der Waals surface area contributed by atoms with Gasteiger partial charge in [-0.1, -0.05) is 84.1 Å². The van der Waals surface area contributed by atoms with E-state index in [1.54, 1.807) is 0 Å². The summed E-state index contributed by atoms with van der Waals surface area (Å²) in [7, 11) is 0. The number of amides is 3. The van der Waals surface area contributed by atoms with Gasteiger partial charge in [0.2, 0.25) is 5.91 Å². The predicted octanol–water partition coefficient (Wildman–Crippen LogP) is 5.22. The van der Waals surface area contributed by atoms with E-state index in [0.29, 0.717) is 37.7 Å². The largest absolute Gasteiger partial charge is 0.355 e. The molecule has 1 atom stereocenters. The first-order valence-corrected chi connectivity index (χ1v) is 14.0. The van der Waals surface area contributed by atoms with Crippen LogP contribution >= 0.6 is 11.3 Å². The first kappa shape index (κ1) is 25.9. The molecule has 0 unspecified atom stereocenters. The van der Waals surface area contributed by atoms with Crippen molar-refractivity contribution < 1.29 is 9.59 Å². The highest BCUT2D eigenvalue weighted by Crippen LogP contribution is 2.29. The summed E-state index contributed by atoms with van der Waals surface area (Å²) in [5.41, 5.74) is 3.36. The molecule has 0 spiro atoms. The zero-order chi connectivity index (χ0) is 26.2. The van der Waals surface area contributed by atoms with Crippen LogP contribution in [0.5, 0.6) is 0 Å². The summed E-state index contributed by atoms with van der Waals surface area (Å²) < 4.78 is 1.04. The Morgan fingerprint density at radius 3 is 2.32 bits per heavy atom. The fourth-order valence-corrected chi connectivity index (χ4v) is 5.76. The number of rotatable bonds is 10. The van der Waals surface area contributed by atoms with Gasteiger partial charge in [-0.25, -0.2) is 9.78 Å². The minimum atomic E-state index is -0.150. The van der Waals surface area contributed by atoms with Crippen molar-refractivity contribution in [3.63, 3.8) is 0 Å². The molecule has 3 amide bonds. The van der Waals surface area contributed by atoms with Crippen LogP contribution in [-0.2, 0) is 4.79 Å². The number of hydrogen-bond acceptors (Lipinski definition) is 5. The van der Waals surface area contributed by atoms with Crippen LogP contribution in [0.25, 0.3) is 10.2 Å². The third-order valence-electron chi connectivity index (χ3n) is 6.97. The number of urea groups is 1. The van der Waals surface area contributed by atoms with Gasteiger partial charge in [-0.15, -0.1) is 0 Å². The molecule has 38 heavy (non-hydrogen) atoms. The molecule has 4 aromatic rings. The molecule has 3 aromatic carbocycles. The topological polar surface area (TPSA) is 86.4 Å². The summed E-state index contributed by atoms with van der Waals surface area (Å²) in [6.07, 6.45) is 2.14. The van der Waals surface area contributed by atoms with Gasteiger partial charge in [-0.3, -0.25) is 10.1 Å². The minimum Gasteiger partial charge on any atom is -0.355 e. The summed E-state index contributed by atoms with van der Waals surface area (Å²) in [6, 6.07) is 28.9. The Balaban J connectivity index is 1.29. The van der Waals surface area contributed by atoms with E-state index in [2.05, 4.69) is 69.5 Å². The second-order valence-corrected chi connectivity index (χ2v) is 10.6. The molecule has 0 saturated carbocycles. The number of benzene rings is 3. The molecule has 2 heterocycles. The first-order valence-electron chi connectivity index (χ1n) is 13.2. The van der Waals surface area contributed by atoms with Crippen molar-refractivity contribution >= 4 is 38.6 Å². The van der Waals surface area contributed by atoms with E-state index >= 15 is 0 Å².